The Morgan fingerprint density at radius 2 is 2.13 bits per heavy atom. The number of nitrogen functional groups attached to an aromatic ring is 1. The lowest BCUT2D eigenvalue weighted by Crippen LogP contribution is -1.86. The molecular formula is C12H14N2O. The molecule has 0 aliphatic rings. The second-order valence-electron chi connectivity index (χ2n) is 3.61. The molecule has 15 heavy (non-hydrogen) atoms. The summed E-state index contributed by atoms with van der Waals surface area (Å²) < 4.78 is 5.10. The van der Waals surface area contributed by atoms with E-state index in [0.29, 0.717) is 5.82 Å². The Kier molecular flexibility index (Phi) is 2.46. The van der Waals surface area contributed by atoms with Gasteiger partial charge < -0.3 is 10.3 Å². The number of nitrogens with zero attached hydrogens (tertiary/aromatic N) is 1. The van der Waals surface area contributed by atoms with E-state index in [1.807, 2.05) is 6.07 Å². The zero-order valence-corrected chi connectivity index (χ0v) is 8.95. The minimum atomic E-state index is 0.419. The number of anilines is 1. The lowest BCUT2D eigenvalue weighted by Gasteiger charge is -2.03. The molecule has 0 bridgehead atoms. The van der Waals surface area contributed by atoms with E-state index in [0.717, 1.165) is 17.7 Å². The molecule has 2 rings (SSSR count). The van der Waals surface area contributed by atoms with Gasteiger partial charge in [-0.1, -0.05) is 24.2 Å². The van der Waals surface area contributed by atoms with E-state index < -0.39 is 0 Å². The highest BCUT2D eigenvalue weighted by atomic mass is 16.5. The van der Waals surface area contributed by atoms with Gasteiger partial charge in [-0.25, -0.2) is 0 Å². The first-order valence-electron chi connectivity index (χ1n) is 5.03. The first-order chi connectivity index (χ1) is 7.20. The SMILES string of the molecule is CCc1ccc(-c2cc(N)no2)cc1C. The number of nitrogens with two attached hydrogens (primary N) is 1. The summed E-state index contributed by atoms with van der Waals surface area (Å²) in [7, 11) is 0. The van der Waals surface area contributed by atoms with Crippen LogP contribution in [0.1, 0.15) is 18.1 Å². The summed E-state index contributed by atoms with van der Waals surface area (Å²) in [5.74, 6) is 1.14. The van der Waals surface area contributed by atoms with Crippen molar-refractivity contribution >= 4 is 5.82 Å². The van der Waals surface area contributed by atoms with E-state index in [1.165, 1.54) is 11.1 Å². The van der Waals surface area contributed by atoms with Gasteiger partial charge in [-0.05, 0) is 30.5 Å². The molecule has 3 nitrogen and oxygen atoms in total. The fourth-order valence-corrected chi connectivity index (χ4v) is 1.67. The van der Waals surface area contributed by atoms with Crippen molar-refractivity contribution in [2.45, 2.75) is 20.3 Å². The Morgan fingerprint density at radius 3 is 2.67 bits per heavy atom. The van der Waals surface area contributed by atoms with E-state index >= 15 is 0 Å². The predicted octanol–water partition coefficient (Wildman–Crippen LogP) is 2.79. The van der Waals surface area contributed by atoms with Gasteiger partial charge in [-0.3, -0.25) is 0 Å². The predicted molar refractivity (Wildman–Crippen MR) is 60.5 cm³/mol. The Balaban J connectivity index is 2.42. The van der Waals surface area contributed by atoms with Gasteiger partial charge in [0, 0.05) is 11.6 Å². The summed E-state index contributed by atoms with van der Waals surface area (Å²) in [5.41, 5.74) is 9.15. The van der Waals surface area contributed by atoms with E-state index in [-0.39, 0.29) is 0 Å². The van der Waals surface area contributed by atoms with Crippen LogP contribution >= 0.6 is 0 Å². The molecule has 0 aliphatic carbocycles. The molecule has 0 spiro atoms. The van der Waals surface area contributed by atoms with Crippen LogP contribution in [0.15, 0.2) is 28.8 Å². The fourth-order valence-electron chi connectivity index (χ4n) is 1.67. The van der Waals surface area contributed by atoms with Crippen molar-refractivity contribution in [3.63, 3.8) is 0 Å². The number of hydrogen-bond donors (Lipinski definition) is 1. The Labute approximate surface area is 88.9 Å². The summed E-state index contributed by atoms with van der Waals surface area (Å²) in [6.07, 6.45) is 1.05. The van der Waals surface area contributed by atoms with Crippen molar-refractivity contribution in [1.82, 2.24) is 5.16 Å². The summed E-state index contributed by atoms with van der Waals surface area (Å²) in [4.78, 5) is 0. The van der Waals surface area contributed by atoms with Gasteiger partial charge >= 0.3 is 0 Å². The molecule has 0 radical (unpaired) electrons. The fraction of sp³-hybridized carbons (Fsp3) is 0.250. The van der Waals surface area contributed by atoms with Crippen LogP contribution in [-0.2, 0) is 6.42 Å². The molecule has 0 saturated carbocycles. The Morgan fingerprint density at radius 1 is 1.33 bits per heavy atom. The highest BCUT2D eigenvalue weighted by Gasteiger charge is 2.05. The molecule has 0 aliphatic heterocycles. The minimum Gasteiger partial charge on any atom is -0.381 e. The lowest BCUT2D eigenvalue weighted by molar-refractivity contribution is 0.436. The van der Waals surface area contributed by atoms with Gasteiger partial charge in [0.05, 0.1) is 0 Å². The summed E-state index contributed by atoms with van der Waals surface area (Å²) in [5, 5.41) is 3.67. The maximum Gasteiger partial charge on any atom is 0.169 e. The second-order valence-corrected chi connectivity index (χ2v) is 3.61. The number of aromatic nitrogens is 1. The van der Waals surface area contributed by atoms with Gasteiger partial charge in [-0.15, -0.1) is 0 Å². The number of benzene rings is 1. The van der Waals surface area contributed by atoms with Crippen molar-refractivity contribution in [2.75, 3.05) is 5.73 Å². The third-order valence-corrected chi connectivity index (χ3v) is 2.54. The molecule has 2 N–H and O–H groups in total. The number of aryl methyl sites for hydroxylation is 2. The molecule has 1 aromatic heterocycles. The topological polar surface area (TPSA) is 52.0 Å². The Bertz CT molecular complexity index is 474. The normalized spacial score (nSPS) is 10.5. The monoisotopic (exact) mass is 202 g/mol. The first-order valence-corrected chi connectivity index (χ1v) is 5.03. The first kappa shape index (κ1) is 9.77. The van der Waals surface area contributed by atoms with E-state index in [2.05, 4.69) is 31.1 Å². The zero-order chi connectivity index (χ0) is 10.8. The van der Waals surface area contributed by atoms with Crippen LogP contribution in [0.5, 0.6) is 0 Å². The smallest absolute Gasteiger partial charge is 0.169 e. The molecule has 1 aromatic carbocycles. The maximum absolute atomic E-state index is 5.51. The molecule has 78 valence electrons. The quantitative estimate of drug-likeness (QED) is 0.814. The van der Waals surface area contributed by atoms with Crippen molar-refractivity contribution < 1.29 is 4.52 Å². The van der Waals surface area contributed by atoms with Crippen LogP contribution in [-0.4, -0.2) is 5.16 Å². The average Bonchev–Trinajstić information content (AvgIpc) is 2.65. The highest BCUT2D eigenvalue weighted by Crippen LogP contribution is 2.23. The van der Waals surface area contributed by atoms with Crippen molar-refractivity contribution in [3.05, 3.63) is 35.4 Å². The van der Waals surface area contributed by atoms with Crippen LogP contribution in [0.25, 0.3) is 11.3 Å². The van der Waals surface area contributed by atoms with E-state index in [9.17, 15) is 0 Å². The van der Waals surface area contributed by atoms with Crippen LogP contribution in [0.3, 0.4) is 0 Å². The molecule has 3 heteroatoms. The van der Waals surface area contributed by atoms with E-state index in [1.54, 1.807) is 6.07 Å². The molecule has 0 amide bonds. The molecular weight excluding hydrogens is 188 g/mol. The molecule has 0 atom stereocenters. The van der Waals surface area contributed by atoms with Crippen LogP contribution in [0, 0.1) is 6.92 Å². The van der Waals surface area contributed by atoms with Gasteiger partial charge in [-0.2, -0.15) is 0 Å². The zero-order valence-electron chi connectivity index (χ0n) is 8.95. The molecule has 2 aromatic rings. The van der Waals surface area contributed by atoms with Crippen molar-refractivity contribution in [1.29, 1.82) is 0 Å². The van der Waals surface area contributed by atoms with Crippen LogP contribution in [0.2, 0.25) is 0 Å². The summed E-state index contributed by atoms with van der Waals surface area (Å²) >= 11 is 0. The highest BCUT2D eigenvalue weighted by molar-refractivity contribution is 5.61. The summed E-state index contributed by atoms with van der Waals surface area (Å²) in [6, 6.07) is 7.98. The van der Waals surface area contributed by atoms with Gasteiger partial charge in [0.25, 0.3) is 0 Å². The molecule has 0 fully saturated rings. The lowest BCUT2D eigenvalue weighted by atomic mass is 10.0. The average molecular weight is 202 g/mol. The van der Waals surface area contributed by atoms with Gasteiger partial charge in [0.15, 0.2) is 11.6 Å². The minimum absolute atomic E-state index is 0.419. The van der Waals surface area contributed by atoms with Crippen molar-refractivity contribution in [2.24, 2.45) is 0 Å². The van der Waals surface area contributed by atoms with Gasteiger partial charge in [0.1, 0.15) is 0 Å². The largest absolute Gasteiger partial charge is 0.381 e. The second kappa shape index (κ2) is 3.77. The van der Waals surface area contributed by atoms with Crippen molar-refractivity contribution in [3.8, 4) is 11.3 Å². The molecule has 1 heterocycles. The van der Waals surface area contributed by atoms with Crippen LogP contribution in [0.4, 0.5) is 5.82 Å². The Hall–Kier alpha value is -1.77. The molecule has 0 saturated heterocycles. The number of rotatable bonds is 2. The third-order valence-electron chi connectivity index (χ3n) is 2.54. The van der Waals surface area contributed by atoms with Crippen LogP contribution < -0.4 is 5.73 Å². The standard InChI is InChI=1S/C12H14N2O/c1-3-9-4-5-10(6-8(9)2)11-7-12(13)14-15-11/h4-7H,3H2,1-2H3,(H2,13,14). The number of hydrogen-bond acceptors (Lipinski definition) is 3. The third kappa shape index (κ3) is 1.86. The maximum atomic E-state index is 5.51. The van der Waals surface area contributed by atoms with Gasteiger partial charge in [0.2, 0.25) is 0 Å². The van der Waals surface area contributed by atoms with E-state index in [4.69, 9.17) is 10.3 Å². The summed E-state index contributed by atoms with van der Waals surface area (Å²) in [6.45, 7) is 4.25. The molecule has 0 unspecified atom stereocenters.